The topological polar surface area (TPSA) is 81.2 Å². The Bertz CT molecular complexity index is 1800. The SMILES string of the molecule is Cc1ccc(N2CCN(S(=O)(=O)c3ccc4c(c3)Cc3cc(S(=O)(=O)N5CCN(c6ccc(C)cc6)CC5)ccc3-4)CC2)cc1. The van der Waals surface area contributed by atoms with E-state index < -0.39 is 20.0 Å². The molecule has 0 amide bonds. The standard InChI is InChI=1S/C35H38N4O4S2/c1-26-3-7-30(8-4-26)36-15-19-38(20-16-36)44(40,41)32-11-13-34-28(24-32)23-29-25-33(12-14-35(29)34)45(42,43)39-21-17-37(18-22-39)31-9-5-27(2)6-10-31/h3-14,24-25H,15-23H2,1-2H3. The number of fused-ring (bicyclic) bond motifs is 3. The molecule has 3 aliphatic rings. The van der Waals surface area contributed by atoms with Gasteiger partial charge < -0.3 is 9.80 Å². The summed E-state index contributed by atoms with van der Waals surface area (Å²) in [6, 6.07) is 27.3. The van der Waals surface area contributed by atoms with E-state index in [2.05, 4.69) is 72.2 Å². The first kappa shape index (κ1) is 30.0. The third-order valence-electron chi connectivity index (χ3n) is 9.38. The summed E-state index contributed by atoms with van der Waals surface area (Å²) in [5.41, 5.74) is 8.36. The summed E-state index contributed by atoms with van der Waals surface area (Å²) < 4.78 is 57.8. The largest absolute Gasteiger partial charge is 0.369 e. The van der Waals surface area contributed by atoms with E-state index in [0.717, 1.165) is 33.6 Å². The second-order valence-electron chi connectivity index (χ2n) is 12.3. The van der Waals surface area contributed by atoms with Gasteiger partial charge in [-0.15, -0.1) is 0 Å². The highest BCUT2D eigenvalue weighted by atomic mass is 32.2. The first-order chi connectivity index (χ1) is 21.6. The summed E-state index contributed by atoms with van der Waals surface area (Å²) in [5.74, 6) is 0. The average molecular weight is 643 g/mol. The molecular weight excluding hydrogens is 605 g/mol. The molecular formula is C35H38N4O4S2. The molecule has 2 heterocycles. The number of sulfonamides is 2. The monoisotopic (exact) mass is 642 g/mol. The number of hydrogen-bond acceptors (Lipinski definition) is 6. The molecule has 0 radical (unpaired) electrons. The van der Waals surface area contributed by atoms with Crippen LogP contribution in [-0.4, -0.2) is 77.8 Å². The highest BCUT2D eigenvalue weighted by Gasteiger charge is 2.32. The van der Waals surface area contributed by atoms with Gasteiger partial charge in [-0.25, -0.2) is 16.8 Å². The molecule has 0 aromatic heterocycles. The van der Waals surface area contributed by atoms with Gasteiger partial charge >= 0.3 is 0 Å². The zero-order valence-corrected chi connectivity index (χ0v) is 27.3. The van der Waals surface area contributed by atoms with Crippen molar-refractivity contribution in [2.45, 2.75) is 30.1 Å². The Hall–Kier alpha value is -3.70. The van der Waals surface area contributed by atoms with Gasteiger partial charge in [0, 0.05) is 63.7 Å². The second kappa shape index (κ2) is 11.6. The Morgan fingerprint density at radius 1 is 0.467 bits per heavy atom. The zero-order chi connectivity index (χ0) is 31.3. The van der Waals surface area contributed by atoms with Gasteiger partial charge in [0.05, 0.1) is 9.79 Å². The average Bonchev–Trinajstić information content (AvgIpc) is 3.43. The lowest BCUT2D eigenvalue weighted by molar-refractivity contribution is 0.384. The maximum Gasteiger partial charge on any atom is 0.243 e. The highest BCUT2D eigenvalue weighted by molar-refractivity contribution is 7.89. The minimum Gasteiger partial charge on any atom is -0.369 e. The molecule has 10 heteroatoms. The van der Waals surface area contributed by atoms with Crippen molar-refractivity contribution in [1.29, 1.82) is 0 Å². The van der Waals surface area contributed by atoms with Crippen molar-refractivity contribution < 1.29 is 16.8 Å². The van der Waals surface area contributed by atoms with Crippen LogP contribution < -0.4 is 9.80 Å². The van der Waals surface area contributed by atoms with Crippen LogP contribution in [0.15, 0.2) is 94.7 Å². The fraction of sp³-hybridized carbons (Fsp3) is 0.314. The van der Waals surface area contributed by atoms with Gasteiger partial charge in [-0.1, -0.05) is 47.5 Å². The lowest BCUT2D eigenvalue weighted by Crippen LogP contribution is -2.48. The fourth-order valence-corrected chi connectivity index (χ4v) is 9.61. The Kier molecular flexibility index (Phi) is 7.72. The smallest absolute Gasteiger partial charge is 0.243 e. The van der Waals surface area contributed by atoms with Gasteiger partial charge in [-0.3, -0.25) is 0 Å². The lowest BCUT2D eigenvalue weighted by atomic mass is 10.1. The second-order valence-corrected chi connectivity index (χ2v) is 16.1. The molecule has 234 valence electrons. The maximum atomic E-state index is 13.7. The highest BCUT2D eigenvalue weighted by Crippen LogP contribution is 2.39. The van der Waals surface area contributed by atoms with Gasteiger partial charge in [0.1, 0.15) is 0 Å². The number of aryl methyl sites for hydroxylation is 2. The molecule has 2 fully saturated rings. The van der Waals surface area contributed by atoms with E-state index in [1.807, 2.05) is 12.1 Å². The van der Waals surface area contributed by atoms with E-state index in [9.17, 15) is 16.8 Å². The van der Waals surface area contributed by atoms with Crippen molar-refractivity contribution in [2.75, 3.05) is 62.2 Å². The quantitative estimate of drug-likeness (QED) is 0.262. The molecule has 0 spiro atoms. The maximum absolute atomic E-state index is 13.7. The van der Waals surface area contributed by atoms with Crippen LogP contribution >= 0.6 is 0 Å². The van der Waals surface area contributed by atoms with E-state index in [1.54, 1.807) is 32.9 Å². The first-order valence-corrected chi connectivity index (χ1v) is 18.4. The van der Waals surface area contributed by atoms with E-state index in [0.29, 0.717) is 58.8 Å². The number of anilines is 2. The number of benzene rings is 4. The minimum atomic E-state index is -3.66. The van der Waals surface area contributed by atoms with Gasteiger partial charge in [-0.05, 0) is 91.1 Å². The Morgan fingerprint density at radius 2 is 0.822 bits per heavy atom. The number of nitrogens with zero attached hydrogens (tertiary/aromatic N) is 4. The molecule has 4 aromatic carbocycles. The molecule has 7 rings (SSSR count). The van der Waals surface area contributed by atoms with Gasteiger partial charge in [0.2, 0.25) is 20.0 Å². The minimum absolute atomic E-state index is 0.289. The van der Waals surface area contributed by atoms with Crippen LogP contribution in [0.3, 0.4) is 0 Å². The summed E-state index contributed by atoms with van der Waals surface area (Å²) in [6.07, 6.45) is 0.500. The third kappa shape index (κ3) is 5.65. The molecule has 45 heavy (non-hydrogen) atoms. The van der Waals surface area contributed by atoms with Crippen LogP contribution in [-0.2, 0) is 26.5 Å². The van der Waals surface area contributed by atoms with Crippen molar-refractivity contribution in [3.05, 3.63) is 107 Å². The van der Waals surface area contributed by atoms with Crippen LogP contribution in [0, 0.1) is 13.8 Å². The first-order valence-electron chi connectivity index (χ1n) is 15.5. The van der Waals surface area contributed by atoms with Crippen molar-refractivity contribution in [3.63, 3.8) is 0 Å². The van der Waals surface area contributed by atoms with E-state index >= 15 is 0 Å². The normalized spacial score (nSPS) is 17.7. The number of rotatable bonds is 6. The van der Waals surface area contributed by atoms with Gasteiger partial charge in [-0.2, -0.15) is 8.61 Å². The molecule has 2 aliphatic heterocycles. The van der Waals surface area contributed by atoms with Crippen molar-refractivity contribution in [2.24, 2.45) is 0 Å². The molecule has 0 atom stereocenters. The third-order valence-corrected chi connectivity index (χ3v) is 13.2. The molecule has 0 saturated carbocycles. The predicted octanol–water partition coefficient (Wildman–Crippen LogP) is 4.90. The van der Waals surface area contributed by atoms with Crippen LogP contribution in [0.2, 0.25) is 0 Å². The van der Waals surface area contributed by atoms with Gasteiger partial charge in [0.15, 0.2) is 0 Å². The van der Waals surface area contributed by atoms with Crippen molar-refractivity contribution in [1.82, 2.24) is 8.61 Å². The Morgan fingerprint density at radius 3 is 1.18 bits per heavy atom. The molecule has 0 N–H and O–H groups in total. The molecule has 0 bridgehead atoms. The van der Waals surface area contributed by atoms with Crippen LogP contribution in [0.25, 0.3) is 11.1 Å². The molecule has 0 unspecified atom stereocenters. The summed E-state index contributed by atoms with van der Waals surface area (Å²) in [5, 5.41) is 0. The molecule has 8 nitrogen and oxygen atoms in total. The van der Waals surface area contributed by atoms with Crippen molar-refractivity contribution >= 4 is 31.4 Å². The zero-order valence-electron chi connectivity index (χ0n) is 25.7. The summed E-state index contributed by atoms with van der Waals surface area (Å²) >= 11 is 0. The number of piperazine rings is 2. The fourth-order valence-electron chi connectivity index (χ4n) is 6.67. The van der Waals surface area contributed by atoms with E-state index in [1.165, 1.54) is 11.1 Å². The molecule has 2 saturated heterocycles. The lowest BCUT2D eigenvalue weighted by Gasteiger charge is -2.35. The van der Waals surface area contributed by atoms with Crippen LogP contribution in [0.4, 0.5) is 11.4 Å². The Balaban J connectivity index is 1.03. The summed E-state index contributed by atoms with van der Waals surface area (Å²) in [7, 11) is -7.31. The Labute approximate surface area is 266 Å². The predicted molar refractivity (Wildman–Crippen MR) is 179 cm³/mol. The summed E-state index contributed by atoms with van der Waals surface area (Å²) in [4.78, 5) is 5.02. The summed E-state index contributed by atoms with van der Waals surface area (Å²) in [6.45, 7) is 8.35. The van der Waals surface area contributed by atoms with E-state index in [-0.39, 0.29) is 9.79 Å². The van der Waals surface area contributed by atoms with Gasteiger partial charge in [0.25, 0.3) is 0 Å². The number of hydrogen-bond donors (Lipinski definition) is 0. The van der Waals surface area contributed by atoms with Crippen molar-refractivity contribution in [3.8, 4) is 11.1 Å². The molecule has 4 aromatic rings. The van der Waals surface area contributed by atoms with Crippen LogP contribution in [0.5, 0.6) is 0 Å². The van der Waals surface area contributed by atoms with Crippen LogP contribution in [0.1, 0.15) is 22.3 Å². The molecule has 1 aliphatic carbocycles. The van der Waals surface area contributed by atoms with E-state index in [4.69, 9.17) is 0 Å².